The molecule has 2 rings (SSSR count). The quantitative estimate of drug-likeness (QED) is 0.848. The summed E-state index contributed by atoms with van der Waals surface area (Å²) in [5.41, 5.74) is 0.472. The van der Waals surface area contributed by atoms with Crippen LogP contribution >= 0.6 is 0 Å². The van der Waals surface area contributed by atoms with Crippen LogP contribution in [0.1, 0.15) is 5.82 Å². The van der Waals surface area contributed by atoms with Crippen LogP contribution in [0.15, 0.2) is 24.3 Å². The van der Waals surface area contributed by atoms with E-state index in [4.69, 9.17) is 0 Å². The summed E-state index contributed by atoms with van der Waals surface area (Å²) < 4.78 is 15.1. The predicted molar refractivity (Wildman–Crippen MR) is 59.2 cm³/mol. The van der Waals surface area contributed by atoms with Crippen molar-refractivity contribution in [2.75, 3.05) is 7.05 Å². The molecule has 5 heteroatoms. The van der Waals surface area contributed by atoms with Gasteiger partial charge >= 0.3 is 0 Å². The predicted octanol–water partition coefficient (Wildman–Crippen LogP) is 1.34. The van der Waals surface area contributed by atoms with Gasteiger partial charge in [0.2, 0.25) is 0 Å². The van der Waals surface area contributed by atoms with Crippen LogP contribution in [0.25, 0.3) is 11.4 Å². The fourth-order valence-electron chi connectivity index (χ4n) is 1.55. The maximum Gasteiger partial charge on any atom is 0.165 e. The SMILES string of the molecule is CNCc1nc(-c2ccccc2F)n(C)n1. The van der Waals surface area contributed by atoms with E-state index in [9.17, 15) is 4.39 Å². The summed E-state index contributed by atoms with van der Waals surface area (Å²) in [6.45, 7) is 0.572. The Labute approximate surface area is 93.1 Å². The van der Waals surface area contributed by atoms with Crippen molar-refractivity contribution in [2.45, 2.75) is 6.54 Å². The molecule has 0 aliphatic rings. The zero-order chi connectivity index (χ0) is 11.5. The van der Waals surface area contributed by atoms with Gasteiger partial charge in [0, 0.05) is 7.05 Å². The number of halogens is 1. The van der Waals surface area contributed by atoms with Gasteiger partial charge in [-0.2, -0.15) is 5.10 Å². The first kappa shape index (κ1) is 10.8. The summed E-state index contributed by atoms with van der Waals surface area (Å²) in [5.74, 6) is 0.917. The average Bonchev–Trinajstić information content (AvgIpc) is 2.61. The Bertz CT molecular complexity index is 492. The monoisotopic (exact) mass is 220 g/mol. The Morgan fingerprint density at radius 1 is 1.38 bits per heavy atom. The Balaban J connectivity index is 2.44. The van der Waals surface area contributed by atoms with Crippen molar-refractivity contribution < 1.29 is 4.39 Å². The minimum absolute atomic E-state index is 0.283. The second-order valence-electron chi connectivity index (χ2n) is 3.49. The number of aryl methyl sites for hydroxylation is 1. The van der Waals surface area contributed by atoms with E-state index >= 15 is 0 Å². The molecule has 0 saturated heterocycles. The third kappa shape index (κ3) is 1.94. The van der Waals surface area contributed by atoms with Crippen molar-refractivity contribution in [1.29, 1.82) is 0 Å². The molecular formula is C11H13FN4. The zero-order valence-corrected chi connectivity index (χ0v) is 9.24. The number of hydrogen-bond acceptors (Lipinski definition) is 3. The maximum absolute atomic E-state index is 13.6. The van der Waals surface area contributed by atoms with Crippen LogP contribution in [-0.4, -0.2) is 21.8 Å². The molecule has 0 amide bonds. The molecule has 2 aromatic rings. The van der Waals surface area contributed by atoms with Crippen LogP contribution in [-0.2, 0) is 13.6 Å². The molecule has 1 N–H and O–H groups in total. The van der Waals surface area contributed by atoms with Crippen molar-refractivity contribution in [3.63, 3.8) is 0 Å². The highest BCUT2D eigenvalue weighted by Gasteiger charge is 2.12. The first-order valence-electron chi connectivity index (χ1n) is 5.02. The highest BCUT2D eigenvalue weighted by molar-refractivity contribution is 5.55. The minimum atomic E-state index is -0.283. The molecule has 0 radical (unpaired) electrons. The maximum atomic E-state index is 13.6. The van der Waals surface area contributed by atoms with E-state index in [0.29, 0.717) is 23.8 Å². The second kappa shape index (κ2) is 4.40. The standard InChI is InChI=1S/C11H13FN4/c1-13-7-10-14-11(16(2)15-10)8-5-3-4-6-9(8)12/h3-6,13H,7H2,1-2H3. The molecule has 0 saturated carbocycles. The molecule has 16 heavy (non-hydrogen) atoms. The normalized spacial score (nSPS) is 10.7. The Hall–Kier alpha value is -1.75. The summed E-state index contributed by atoms with van der Waals surface area (Å²) in [6, 6.07) is 6.55. The van der Waals surface area contributed by atoms with Gasteiger partial charge in [-0.05, 0) is 19.2 Å². The summed E-state index contributed by atoms with van der Waals surface area (Å²) in [5, 5.41) is 7.15. The highest BCUT2D eigenvalue weighted by Crippen LogP contribution is 2.19. The van der Waals surface area contributed by atoms with Crippen LogP contribution < -0.4 is 5.32 Å². The van der Waals surface area contributed by atoms with E-state index < -0.39 is 0 Å². The molecule has 0 unspecified atom stereocenters. The van der Waals surface area contributed by atoms with Crippen molar-refractivity contribution in [1.82, 2.24) is 20.1 Å². The Morgan fingerprint density at radius 2 is 2.12 bits per heavy atom. The fourth-order valence-corrected chi connectivity index (χ4v) is 1.55. The van der Waals surface area contributed by atoms with Gasteiger partial charge in [0.25, 0.3) is 0 Å². The lowest BCUT2D eigenvalue weighted by molar-refractivity contribution is 0.627. The second-order valence-corrected chi connectivity index (χ2v) is 3.49. The topological polar surface area (TPSA) is 42.7 Å². The molecule has 1 aromatic heterocycles. The molecule has 0 aliphatic heterocycles. The number of hydrogen-bond donors (Lipinski definition) is 1. The molecule has 1 heterocycles. The summed E-state index contributed by atoms with van der Waals surface area (Å²) >= 11 is 0. The molecule has 0 bridgehead atoms. The molecular weight excluding hydrogens is 207 g/mol. The van der Waals surface area contributed by atoms with Crippen LogP contribution in [0.2, 0.25) is 0 Å². The van der Waals surface area contributed by atoms with E-state index in [1.54, 1.807) is 29.9 Å². The van der Waals surface area contributed by atoms with Crippen LogP contribution in [0.5, 0.6) is 0 Å². The Morgan fingerprint density at radius 3 is 2.81 bits per heavy atom. The largest absolute Gasteiger partial charge is 0.313 e. The van der Waals surface area contributed by atoms with Crippen LogP contribution in [0.3, 0.4) is 0 Å². The summed E-state index contributed by atoms with van der Waals surface area (Å²) in [7, 11) is 3.58. The zero-order valence-electron chi connectivity index (χ0n) is 9.24. The molecule has 0 atom stereocenters. The molecule has 4 nitrogen and oxygen atoms in total. The van der Waals surface area contributed by atoms with Gasteiger partial charge in [0.1, 0.15) is 5.82 Å². The van der Waals surface area contributed by atoms with Gasteiger partial charge in [0.15, 0.2) is 11.6 Å². The lowest BCUT2D eigenvalue weighted by atomic mass is 10.2. The smallest absolute Gasteiger partial charge is 0.165 e. The molecule has 0 spiro atoms. The van der Waals surface area contributed by atoms with E-state index in [2.05, 4.69) is 15.4 Å². The number of aromatic nitrogens is 3. The van der Waals surface area contributed by atoms with E-state index in [-0.39, 0.29) is 5.82 Å². The minimum Gasteiger partial charge on any atom is -0.313 e. The van der Waals surface area contributed by atoms with Crippen LogP contribution in [0.4, 0.5) is 4.39 Å². The van der Waals surface area contributed by atoms with Gasteiger partial charge in [-0.3, -0.25) is 0 Å². The van der Waals surface area contributed by atoms with Gasteiger partial charge < -0.3 is 5.32 Å². The van der Waals surface area contributed by atoms with E-state index in [1.807, 2.05) is 7.05 Å². The average molecular weight is 220 g/mol. The number of nitrogens with one attached hydrogen (secondary N) is 1. The molecule has 1 aromatic carbocycles. The van der Waals surface area contributed by atoms with Gasteiger partial charge in [-0.15, -0.1) is 0 Å². The van der Waals surface area contributed by atoms with E-state index in [1.165, 1.54) is 6.07 Å². The summed E-state index contributed by atoms with van der Waals surface area (Å²) in [4.78, 5) is 4.28. The van der Waals surface area contributed by atoms with Crippen molar-refractivity contribution in [3.05, 3.63) is 35.9 Å². The number of benzene rings is 1. The number of rotatable bonds is 3. The third-order valence-electron chi connectivity index (χ3n) is 2.26. The van der Waals surface area contributed by atoms with Gasteiger partial charge in [-0.1, -0.05) is 12.1 Å². The van der Waals surface area contributed by atoms with Crippen molar-refractivity contribution in [3.8, 4) is 11.4 Å². The molecule has 0 fully saturated rings. The van der Waals surface area contributed by atoms with Gasteiger partial charge in [0.05, 0.1) is 12.1 Å². The molecule has 0 aliphatic carbocycles. The van der Waals surface area contributed by atoms with Crippen molar-refractivity contribution in [2.24, 2.45) is 7.05 Å². The lowest BCUT2D eigenvalue weighted by Crippen LogP contribution is -2.06. The van der Waals surface area contributed by atoms with E-state index in [0.717, 1.165) is 0 Å². The van der Waals surface area contributed by atoms with Gasteiger partial charge in [-0.25, -0.2) is 14.1 Å². The number of nitrogens with zero attached hydrogens (tertiary/aromatic N) is 3. The van der Waals surface area contributed by atoms with Crippen LogP contribution in [0, 0.1) is 5.82 Å². The van der Waals surface area contributed by atoms with Crippen molar-refractivity contribution >= 4 is 0 Å². The fraction of sp³-hybridized carbons (Fsp3) is 0.273. The highest BCUT2D eigenvalue weighted by atomic mass is 19.1. The lowest BCUT2D eigenvalue weighted by Gasteiger charge is -2.00. The first-order valence-corrected chi connectivity index (χ1v) is 5.02. The summed E-state index contributed by atoms with van der Waals surface area (Å²) in [6.07, 6.45) is 0. The Kier molecular flexibility index (Phi) is 2.96. The first-order chi connectivity index (χ1) is 7.72. The molecule has 84 valence electrons. The third-order valence-corrected chi connectivity index (χ3v) is 2.26.